The van der Waals surface area contributed by atoms with Gasteiger partial charge in [-0.1, -0.05) is 58.0 Å². The molecule has 2 unspecified atom stereocenters. The van der Waals surface area contributed by atoms with Crippen molar-refractivity contribution in [2.24, 2.45) is 11.8 Å². The molecule has 1 nitrogen and oxygen atoms in total. The quantitative estimate of drug-likeness (QED) is 0.703. The number of hydrogen-bond acceptors (Lipinski definition) is 1. The zero-order valence-corrected chi connectivity index (χ0v) is 13.7. The van der Waals surface area contributed by atoms with Gasteiger partial charge in [0.1, 0.15) is 0 Å². The van der Waals surface area contributed by atoms with E-state index in [2.05, 4.69) is 75.1 Å². The van der Waals surface area contributed by atoms with E-state index in [9.17, 15) is 0 Å². The highest BCUT2D eigenvalue weighted by Gasteiger charge is 2.15. The van der Waals surface area contributed by atoms with Gasteiger partial charge in [-0.25, -0.2) is 0 Å². The van der Waals surface area contributed by atoms with Crippen molar-refractivity contribution in [1.29, 1.82) is 0 Å². The van der Waals surface area contributed by atoms with Crippen molar-refractivity contribution in [3.63, 3.8) is 0 Å². The second-order valence-corrected chi connectivity index (χ2v) is 6.63. The maximum Gasteiger partial charge on any atom is 0.0409 e. The Hall–Kier alpha value is -1.63. The molecule has 1 aromatic carbocycles. The Kier molecular flexibility index (Phi) is 5.55. The van der Waals surface area contributed by atoms with Gasteiger partial charge < -0.3 is 0 Å². The average molecular weight is 281 g/mol. The standard InChI is InChI=1S/C20H27N/c1-15(2)12-18-10-11-21-20(14-18)13-16(3)17(4)19-8-6-5-7-9-19/h5-11,14-17H,12-13H2,1-4H3. The normalized spacial score (nSPS) is 14.1. The first-order valence-electron chi connectivity index (χ1n) is 8.05. The molecule has 0 saturated heterocycles. The van der Waals surface area contributed by atoms with Crippen molar-refractivity contribution >= 4 is 0 Å². The third-order valence-corrected chi connectivity index (χ3v) is 4.23. The fourth-order valence-corrected chi connectivity index (χ4v) is 2.83. The van der Waals surface area contributed by atoms with Gasteiger partial charge in [0, 0.05) is 11.9 Å². The highest BCUT2D eigenvalue weighted by Crippen LogP contribution is 2.26. The summed E-state index contributed by atoms with van der Waals surface area (Å²) in [6.07, 6.45) is 4.15. The van der Waals surface area contributed by atoms with E-state index in [0.29, 0.717) is 17.8 Å². The zero-order valence-electron chi connectivity index (χ0n) is 13.7. The Bertz CT molecular complexity index is 545. The Labute approximate surface area is 129 Å². The van der Waals surface area contributed by atoms with E-state index in [0.717, 1.165) is 12.8 Å². The molecule has 0 radical (unpaired) electrons. The molecule has 2 rings (SSSR count). The fraction of sp³-hybridized carbons (Fsp3) is 0.450. The summed E-state index contributed by atoms with van der Waals surface area (Å²) in [5.41, 5.74) is 4.06. The van der Waals surface area contributed by atoms with Gasteiger partial charge in [0.05, 0.1) is 0 Å². The monoisotopic (exact) mass is 281 g/mol. The predicted molar refractivity (Wildman–Crippen MR) is 90.5 cm³/mol. The van der Waals surface area contributed by atoms with Crippen LogP contribution < -0.4 is 0 Å². The van der Waals surface area contributed by atoms with Gasteiger partial charge in [0.25, 0.3) is 0 Å². The largest absolute Gasteiger partial charge is 0.261 e. The van der Waals surface area contributed by atoms with Crippen LogP contribution in [0.2, 0.25) is 0 Å². The molecule has 1 aromatic heterocycles. The lowest BCUT2D eigenvalue weighted by Crippen LogP contribution is -2.10. The molecule has 2 atom stereocenters. The van der Waals surface area contributed by atoms with Crippen LogP contribution in [0, 0.1) is 11.8 Å². The number of aromatic nitrogens is 1. The van der Waals surface area contributed by atoms with Gasteiger partial charge in [-0.15, -0.1) is 0 Å². The molecule has 0 bridgehead atoms. The lowest BCUT2D eigenvalue weighted by Gasteiger charge is -2.20. The fourth-order valence-electron chi connectivity index (χ4n) is 2.83. The predicted octanol–water partition coefficient (Wildman–Crippen LogP) is 5.26. The molecular formula is C20H27N. The molecule has 0 aliphatic carbocycles. The SMILES string of the molecule is CC(C)Cc1ccnc(CC(C)C(C)c2ccccc2)c1. The summed E-state index contributed by atoms with van der Waals surface area (Å²) in [4.78, 5) is 4.56. The number of rotatable bonds is 6. The second-order valence-electron chi connectivity index (χ2n) is 6.63. The lowest BCUT2D eigenvalue weighted by molar-refractivity contribution is 0.480. The molecule has 0 aliphatic rings. The van der Waals surface area contributed by atoms with Crippen LogP contribution in [-0.4, -0.2) is 4.98 Å². The van der Waals surface area contributed by atoms with Crippen molar-refractivity contribution in [2.45, 2.75) is 46.5 Å². The molecule has 21 heavy (non-hydrogen) atoms. The number of nitrogens with zero attached hydrogens (tertiary/aromatic N) is 1. The van der Waals surface area contributed by atoms with Crippen LogP contribution in [0.25, 0.3) is 0 Å². The summed E-state index contributed by atoms with van der Waals surface area (Å²) in [5.74, 6) is 1.84. The molecular weight excluding hydrogens is 254 g/mol. The minimum Gasteiger partial charge on any atom is -0.261 e. The van der Waals surface area contributed by atoms with E-state index in [-0.39, 0.29) is 0 Å². The molecule has 0 saturated carbocycles. The Morgan fingerprint density at radius 3 is 2.29 bits per heavy atom. The summed E-state index contributed by atoms with van der Waals surface area (Å²) >= 11 is 0. The van der Waals surface area contributed by atoms with Crippen molar-refractivity contribution in [1.82, 2.24) is 4.98 Å². The average Bonchev–Trinajstić information content (AvgIpc) is 2.47. The molecule has 2 aromatic rings. The van der Waals surface area contributed by atoms with Crippen LogP contribution in [0.4, 0.5) is 0 Å². The van der Waals surface area contributed by atoms with E-state index in [1.54, 1.807) is 0 Å². The van der Waals surface area contributed by atoms with Gasteiger partial charge in [-0.2, -0.15) is 0 Å². The lowest BCUT2D eigenvalue weighted by atomic mass is 9.85. The molecule has 112 valence electrons. The summed E-state index contributed by atoms with van der Waals surface area (Å²) in [6, 6.07) is 15.2. The molecule has 1 heteroatoms. The van der Waals surface area contributed by atoms with E-state index < -0.39 is 0 Å². The Morgan fingerprint density at radius 2 is 1.62 bits per heavy atom. The van der Waals surface area contributed by atoms with E-state index >= 15 is 0 Å². The summed E-state index contributed by atoms with van der Waals surface area (Å²) in [7, 11) is 0. The van der Waals surface area contributed by atoms with Gasteiger partial charge in [0.2, 0.25) is 0 Å². The summed E-state index contributed by atoms with van der Waals surface area (Å²) < 4.78 is 0. The molecule has 1 heterocycles. The highest BCUT2D eigenvalue weighted by atomic mass is 14.7. The number of benzene rings is 1. The van der Waals surface area contributed by atoms with E-state index in [1.165, 1.54) is 16.8 Å². The van der Waals surface area contributed by atoms with Crippen LogP contribution in [0.1, 0.15) is 50.4 Å². The number of hydrogen-bond donors (Lipinski definition) is 0. The maximum atomic E-state index is 4.56. The van der Waals surface area contributed by atoms with Gasteiger partial charge in [0.15, 0.2) is 0 Å². The maximum absolute atomic E-state index is 4.56. The molecule has 0 aliphatic heterocycles. The van der Waals surface area contributed by atoms with Gasteiger partial charge in [-0.05, 0) is 53.9 Å². The minimum atomic E-state index is 0.557. The van der Waals surface area contributed by atoms with Crippen LogP contribution in [-0.2, 0) is 12.8 Å². The summed E-state index contributed by atoms with van der Waals surface area (Å²) in [5, 5.41) is 0. The van der Waals surface area contributed by atoms with Crippen molar-refractivity contribution < 1.29 is 0 Å². The first kappa shape index (κ1) is 15.8. The first-order valence-corrected chi connectivity index (χ1v) is 8.05. The molecule has 0 N–H and O–H groups in total. The zero-order chi connectivity index (χ0) is 15.2. The summed E-state index contributed by atoms with van der Waals surface area (Å²) in [6.45, 7) is 9.17. The van der Waals surface area contributed by atoms with E-state index in [4.69, 9.17) is 0 Å². The molecule has 0 amide bonds. The van der Waals surface area contributed by atoms with Crippen LogP contribution in [0.15, 0.2) is 48.7 Å². The Balaban J connectivity index is 2.04. The molecule has 0 fully saturated rings. The molecule has 0 spiro atoms. The Morgan fingerprint density at radius 1 is 0.905 bits per heavy atom. The van der Waals surface area contributed by atoms with E-state index in [1.807, 2.05) is 6.20 Å². The first-order chi connectivity index (χ1) is 10.1. The second kappa shape index (κ2) is 7.40. The van der Waals surface area contributed by atoms with Gasteiger partial charge >= 0.3 is 0 Å². The van der Waals surface area contributed by atoms with Crippen molar-refractivity contribution in [3.05, 3.63) is 65.5 Å². The smallest absolute Gasteiger partial charge is 0.0409 e. The topological polar surface area (TPSA) is 12.9 Å². The highest BCUT2D eigenvalue weighted by molar-refractivity contribution is 5.21. The van der Waals surface area contributed by atoms with Crippen LogP contribution in [0.3, 0.4) is 0 Å². The van der Waals surface area contributed by atoms with Gasteiger partial charge in [-0.3, -0.25) is 4.98 Å². The third kappa shape index (κ3) is 4.70. The van der Waals surface area contributed by atoms with Crippen molar-refractivity contribution in [3.8, 4) is 0 Å². The number of pyridine rings is 1. The van der Waals surface area contributed by atoms with Crippen LogP contribution >= 0.6 is 0 Å². The van der Waals surface area contributed by atoms with Crippen molar-refractivity contribution in [2.75, 3.05) is 0 Å². The minimum absolute atomic E-state index is 0.557. The van der Waals surface area contributed by atoms with Crippen LogP contribution in [0.5, 0.6) is 0 Å². The third-order valence-electron chi connectivity index (χ3n) is 4.23.